The first-order chi connectivity index (χ1) is 13.3. The number of aromatic nitrogens is 2. The molecule has 1 aromatic rings. The standard InChI is InChI=1S/C18H22F3N5O2/c1-2-15(27)24-7-4-13(5-8-24)16(28)25-9-11-26(12-10-25)17-22-6-3-14(23-17)18(19,20)21/h2-3,6,13H,1,4-5,7-12H2. The predicted molar refractivity (Wildman–Crippen MR) is 95.3 cm³/mol. The Balaban J connectivity index is 1.54. The van der Waals surface area contributed by atoms with Gasteiger partial charge in [-0.15, -0.1) is 0 Å². The number of carbonyl (C=O) groups is 2. The lowest BCUT2D eigenvalue weighted by Crippen LogP contribution is -2.52. The van der Waals surface area contributed by atoms with Crippen LogP contribution in [0.3, 0.4) is 0 Å². The number of piperazine rings is 1. The minimum atomic E-state index is -4.52. The van der Waals surface area contributed by atoms with Gasteiger partial charge in [-0.1, -0.05) is 6.58 Å². The van der Waals surface area contributed by atoms with Crippen LogP contribution in [0.25, 0.3) is 0 Å². The molecule has 7 nitrogen and oxygen atoms in total. The molecule has 0 aromatic carbocycles. The fourth-order valence-electron chi connectivity index (χ4n) is 3.52. The van der Waals surface area contributed by atoms with E-state index in [2.05, 4.69) is 16.5 Å². The molecule has 0 spiro atoms. The molecule has 28 heavy (non-hydrogen) atoms. The van der Waals surface area contributed by atoms with Gasteiger partial charge in [0.2, 0.25) is 17.8 Å². The lowest BCUT2D eigenvalue weighted by molar-refractivity contribution is -0.141. The van der Waals surface area contributed by atoms with Gasteiger partial charge in [-0.05, 0) is 25.0 Å². The van der Waals surface area contributed by atoms with Crippen LogP contribution < -0.4 is 4.90 Å². The van der Waals surface area contributed by atoms with E-state index in [9.17, 15) is 22.8 Å². The average molecular weight is 397 g/mol. The average Bonchev–Trinajstić information content (AvgIpc) is 2.72. The Morgan fingerprint density at radius 2 is 1.71 bits per heavy atom. The van der Waals surface area contributed by atoms with Crippen LogP contribution in [0, 0.1) is 5.92 Å². The van der Waals surface area contributed by atoms with Crippen LogP contribution in [0.2, 0.25) is 0 Å². The summed E-state index contributed by atoms with van der Waals surface area (Å²) in [5.41, 5.74) is -0.975. The summed E-state index contributed by atoms with van der Waals surface area (Å²) in [7, 11) is 0. The Labute approximate surface area is 160 Å². The van der Waals surface area contributed by atoms with E-state index >= 15 is 0 Å². The first-order valence-electron chi connectivity index (χ1n) is 9.15. The molecular formula is C18H22F3N5O2. The third-order valence-electron chi connectivity index (χ3n) is 5.14. The van der Waals surface area contributed by atoms with Gasteiger partial charge >= 0.3 is 6.18 Å². The van der Waals surface area contributed by atoms with Crippen molar-refractivity contribution in [2.75, 3.05) is 44.2 Å². The zero-order chi connectivity index (χ0) is 20.3. The molecule has 2 aliphatic rings. The highest BCUT2D eigenvalue weighted by Crippen LogP contribution is 2.28. The Hall–Kier alpha value is -2.65. The van der Waals surface area contributed by atoms with E-state index in [0.717, 1.165) is 12.3 Å². The monoisotopic (exact) mass is 397 g/mol. The maximum Gasteiger partial charge on any atom is 0.433 e. The summed E-state index contributed by atoms with van der Waals surface area (Å²) in [5.74, 6) is -0.195. The third kappa shape index (κ3) is 4.42. The van der Waals surface area contributed by atoms with Crippen molar-refractivity contribution in [2.45, 2.75) is 19.0 Å². The number of hydrogen-bond acceptors (Lipinski definition) is 5. The normalized spacial score (nSPS) is 18.9. The van der Waals surface area contributed by atoms with Crippen molar-refractivity contribution in [1.29, 1.82) is 0 Å². The summed E-state index contributed by atoms with van der Waals surface area (Å²) < 4.78 is 38.5. The van der Waals surface area contributed by atoms with Crippen LogP contribution in [0.1, 0.15) is 18.5 Å². The highest BCUT2D eigenvalue weighted by molar-refractivity contribution is 5.87. The number of anilines is 1. The highest BCUT2D eigenvalue weighted by Gasteiger charge is 2.34. The molecule has 2 saturated heterocycles. The van der Waals surface area contributed by atoms with Crippen LogP contribution >= 0.6 is 0 Å². The number of nitrogens with zero attached hydrogens (tertiary/aromatic N) is 5. The molecule has 2 amide bonds. The van der Waals surface area contributed by atoms with Crippen LogP contribution in [-0.2, 0) is 15.8 Å². The highest BCUT2D eigenvalue weighted by atomic mass is 19.4. The Kier molecular flexibility index (Phi) is 5.85. The van der Waals surface area contributed by atoms with Crippen molar-refractivity contribution < 1.29 is 22.8 Å². The van der Waals surface area contributed by atoms with Crippen LogP contribution in [0.4, 0.5) is 19.1 Å². The Bertz CT molecular complexity index is 739. The predicted octanol–water partition coefficient (Wildman–Crippen LogP) is 1.57. The van der Waals surface area contributed by atoms with Gasteiger partial charge in [0.25, 0.3) is 0 Å². The molecule has 3 rings (SSSR count). The summed E-state index contributed by atoms with van der Waals surface area (Å²) in [6, 6.07) is 0.840. The maximum absolute atomic E-state index is 12.8. The van der Waals surface area contributed by atoms with E-state index in [1.807, 2.05) is 0 Å². The number of hydrogen-bond donors (Lipinski definition) is 0. The molecule has 2 fully saturated rings. The second-order valence-electron chi connectivity index (χ2n) is 6.86. The molecule has 3 heterocycles. The molecule has 0 aliphatic carbocycles. The zero-order valence-corrected chi connectivity index (χ0v) is 15.4. The van der Waals surface area contributed by atoms with Gasteiger partial charge in [0, 0.05) is 51.4 Å². The quantitative estimate of drug-likeness (QED) is 0.725. The lowest BCUT2D eigenvalue weighted by atomic mass is 9.95. The van der Waals surface area contributed by atoms with Gasteiger partial charge in [-0.3, -0.25) is 9.59 Å². The molecule has 0 bridgehead atoms. The molecule has 2 aliphatic heterocycles. The minimum absolute atomic E-state index is 0.0261. The number of alkyl halides is 3. The van der Waals surface area contributed by atoms with E-state index in [-0.39, 0.29) is 23.7 Å². The van der Waals surface area contributed by atoms with E-state index in [0.29, 0.717) is 52.1 Å². The van der Waals surface area contributed by atoms with Crippen molar-refractivity contribution in [3.63, 3.8) is 0 Å². The van der Waals surface area contributed by atoms with Gasteiger partial charge in [-0.25, -0.2) is 9.97 Å². The molecule has 0 atom stereocenters. The number of likely N-dealkylation sites (tertiary alicyclic amines) is 1. The maximum atomic E-state index is 12.8. The molecule has 1 aromatic heterocycles. The molecular weight excluding hydrogens is 375 g/mol. The number of halogens is 3. The number of amides is 2. The third-order valence-corrected chi connectivity index (χ3v) is 5.14. The van der Waals surface area contributed by atoms with Crippen LogP contribution in [0.15, 0.2) is 24.9 Å². The molecule has 0 saturated carbocycles. The Morgan fingerprint density at radius 1 is 1.07 bits per heavy atom. The van der Waals surface area contributed by atoms with Gasteiger partial charge in [-0.2, -0.15) is 13.2 Å². The van der Waals surface area contributed by atoms with Crippen molar-refractivity contribution in [3.8, 4) is 0 Å². The van der Waals surface area contributed by atoms with Gasteiger partial charge < -0.3 is 14.7 Å². The second kappa shape index (κ2) is 8.15. The summed E-state index contributed by atoms with van der Waals surface area (Å²) in [6.45, 7) is 6.09. The topological polar surface area (TPSA) is 69.6 Å². The van der Waals surface area contributed by atoms with Gasteiger partial charge in [0.1, 0.15) is 5.69 Å². The number of piperidine rings is 1. The Morgan fingerprint density at radius 3 is 2.29 bits per heavy atom. The van der Waals surface area contributed by atoms with Crippen molar-refractivity contribution in [2.24, 2.45) is 5.92 Å². The van der Waals surface area contributed by atoms with E-state index in [1.165, 1.54) is 6.08 Å². The van der Waals surface area contributed by atoms with E-state index in [1.54, 1.807) is 14.7 Å². The van der Waals surface area contributed by atoms with Gasteiger partial charge in [0.15, 0.2) is 0 Å². The van der Waals surface area contributed by atoms with Crippen LogP contribution in [0.5, 0.6) is 0 Å². The smallest absolute Gasteiger partial charge is 0.339 e. The summed E-state index contributed by atoms with van der Waals surface area (Å²) >= 11 is 0. The van der Waals surface area contributed by atoms with Crippen LogP contribution in [-0.4, -0.2) is 70.9 Å². The van der Waals surface area contributed by atoms with Crippen molar-refractivity contribution in [1.82, 2.24) is 19.8 Å². The fourth-order valence-corrected chi connectivity index (χ4v) is 3.52. The SMILES string of the molecule is C=CC(=O)N1CCC(C(=O)N2CCN(c3nccc(C(F)(F)F)n3)CC2)CC1. The zero-order valence-electron chi connectivity index (χ0n) is 15.4. The van der Waals surface area contributed by atoms with Gasteiger partial charge in [0.05, 0.1) is 0 Å². The summed E-state index contributed by atoms with van der Waals surface area (Å²) in [6.07, 6.45) is -0.930. The largest absolute Gasteiger partial charge is 0.433 e. The molecule has 0 N–H and O–H groups in total. The molecule has 0 radical (unpaired) electrons. The number of rotatable bonds is 3. The van der Waals surface area contributed by atoms with E-state index < -0.39 is 11.9 Å². The summed E-state index contributed by atoms with van der Waals surface area (Å²) in [4.78, 5) is 37.0. The lowest BCUT2D eigenvalue weighted by Gasteiger charge is -2.38. The second-order valence-corrected chi connectivity index (χ2v) is 6.86. The molecule has 10 heteroatoms. The van der Waals surface area contributed by atoms with Crippen molar-refractivity contribution >= 4 is 17.8 Å². The first-order valence-corrected chi connectivity index (χ1v) is 9.15. The minimum Gasteiger partial charge on any atom is -0.339 e. The number of carbonyl (C=O) groups excluding carboxylic acids is 2. The fraction of sp³-hybridized carbons (Fsp3) is 0.556. The molecule has 0 unspecified atom stereocenters. The summed E-state index contributed by atoms with van der Waals surface area (Å²) in [5, 5.41) is 0. The van der Waals surface area contributed by atoms with Crippen molar-refractivity contribution in [3.05, 3.63) is 30.6 Å². The first kappa shape index (κ1) is 20.1. The van der Waals surface area contributed by atoms with E-state index in [4.69, 9.17) is 0 Å². The molecule has 152 valence electrons.